The largest absolute Gasteiger partial charge is 0.490 e. The average Bonchev–Trinajstić information content (AvgIpc) is 3.16. The van der Waals surface area contributed by atoms with E-state index in [1.54, 1.807) is 30.4 Å². The van der Waals surface area contributed by atoms with Gasteiger partial charge in [0, 0.05) is 24.1 Å². The van der Waals surface area contributed by atoms with Crippen LogP contribution in [-0.4, -0.2) is 55.7 Å². The summed E-state index contributed by atoms with van der Waals surface area (Å²) >= 11 is 0. The molecular formula is C35H46N2O5S. The number of nitrogens with zero attached hydrogens (tertiary/aromatic N) is 1. The second-order valence-electron chi connectivity index (χ2n) is 13.0. The molecule has 0 radical (unpaired) electrons. The molecule has 2 unspecified atom stereocenters. The molecule has 8 heteroatoms. The minimum atomic E-state index is -3.59. The molecule has 43 heavy (non-hydrogen) atoms. The summed E-state index contributed by atoms with van der Waals surface area (Å²) in [6.45, 7) is 12.9. The first-order chi connectivity index (χ1) is 20.5. The monoisotopic (exact) mass is 606 g/mol. The number of aryl methyl sites for hydroxylation is 1. The Hall–Kier alpha value is -3.10. The van der Waals surface area contributed by atoms with E-state index in [0.717, 1.165) is 29.7 Å². The van der Waals surface area contributed by atoms with Gasteiger partial charge in [-0.1, -0.05) is 50.3 Å². The van der Waals surface area contributed by atoms with Crippen LogP contribution in [0.25, 0.3) is 0 Å². The van der Waals surface area contributed by atoms with E-state index in [1.165, 1.54) is 0 Å². The van der Waals surface area contributed by atoms with Crippen LogP contribution >= 0.6 is 0 Å². The van der Waals surface area contributed by atoms with Crippen molar-refractivity contribution in [3.8, 4) is 5.75 Å². The van der Waals surface area contributed by atoms with E-state index in [1.807, 2.05) is 19.1 Å². The molecule has 5 rings (SSSR count). The molecule has 6 atom stereocenters. The zero-order chi connectivity index (χ0) is 31.0. The van der Waals surface area contributed by atoms with E-state index in [-0.39, 0.29) is 17.9 Å². The van der Waals surface area contributed by atoms with Gasteiger partial charge in [-0.15, -0.1) is 13.2 Å². The number of aliphatic hydroxyl groups excluding tert-OH is 1. The Morgan fingerprint density at radius 1 is 1.23 bits per heavy atom. The number of hydrogen-bond donors (Lipinski definition) is 2. The summed E-state index contributed by atoms with van der Waals surface area (Å²) < 4.78 is 35.9. The minimum absolute atomic E-state index is 0.130. The van der Waals surface area contributed by atoms with Crippen molar-refractivity contribution >= 4 is 21.4 Å². The fraction of sp³-hybridized carbons (Fsp3) is 0.514. The van der Waals surface area contributed by atoms with Crippen molar-refractivity contribution in [3.05, 3.63) is 84.5 Å². The predicted molar refractivity (Wildman–Crippen MR) is 172 cm³/mol. The van der Waals surface area contributed by atoms with Gasteiger partial charge in [-0.25, -0.2) is 8.42 Å². The highest BCUT2D eigenvalue weighted by Gasteiger charge is 2.55. The van der Waals surface area contributed by atoms with Crippen LogP contribution in [0, 0.1) is 11.3 Å². The van der Waals surface area contributed by atoms with E-state index in [9.17, 15) is 18.3 Å². The second-order valence-corrected chi connectivity index (χ2v) is 15.4. The van der Waals surface area contributed by atoms with Crippen LogP contribution in [0.2, 0.25) is 0 Å². The Kier molecular flexibility index (Phi) is 8.83. The molecule has 0 bridgehead atoms. The van der Waals surface area contributed by atoms with Crippen LogP contribution in [0.1, 0.15) is 73.9 Å². The number of carbonyl (C=O) groups excluding carboxylic acids is 1. The van der Waals surface area contributed by atoms with Crippen molar-refractivity contribution in [2.45, 2.75) is 80.8 Å². The summed E-state index contributed by atoms with van der Waals surface area (Å²) in [6, 6.07) is 13.4. The standard InChI is InChI=1S/C35H46N2O5S/c1-5-8-12-27(6-2)43(40,41)32-17-15-24-11-9-10-13-28(24)35(32)22-37(21-26-18-19-34(26,4)31(38)7-3)29-20-25(33(36)39)14-16-30(29)42-23-35/h5,7,9-11,13-14,16,20,26-27,31-32,38H,1,3,6,8,12,15,17-19,21-23H2,2,4H3,(H2,36,39)/t26-,27+,31-,32?,34+,35?/m0/s1. The SMILES string of the molecule is C=CCC[C@@H](CC)S(=O)(=O)C1CCc2ccccc2C12COc1ccc(C(N)=O)cc1N(C[C@@H]1CC[C@@]1(C)[C@@H](O)C=C)C2. The summed E-state index contributed by atoms with van der Waals surface area (Å²) in [6.07, 6.45) is 7.46. The molecule has 1 amide bonds. The molecular weight excluding hydrogens is 560 g/mol. The third-order valence-electron chi connectivity index (χ3n) is 10.7. The zero-order valence-electron chi connectivity index (χ0n) is 25.5. The summed E-state index contributed by atoms with van der Waals surface area (Å²) in [5.41, 5.74) is 7.78. The molecule has 1 spiro atoms. The molecule has 0 saturated heterocycles. The van der Waals surface area contributed by atoms with Gasteiger partial charge in [0.2, 0.25) is 5.91 Å². The molecule has 2 aromatic rings. The van der Waals surface area contributed by atoms with Crippen molar-refractivity contribution in [1.82, 2.24) is 0 Å². The Labute approximate surface area is 256 Å². The number of hydrogen-bond acceptors (Lipinski definition) is 6. The van der Waals surface area contributed by atoms with Crippen molar-refractivity contribution in [2.75, 3.05) is 24.6 Å². The number of ether oxygens (including phenoxy) is 1. The Bertz CT molecular complexity index is 1490. The van der Waals surface area contributed by atoms with E-state index in [4.69, 9.17) is 10.5 Å². The van der Waals surface area contributed by atoms with Crippen LogP contribution in [0.4, 0.5) is 5.69 Å². The summed E-state index contributed by atoms with van der Waals surface area (Å²) in [5, 5.41) is 9.75. The van der Waals surface area contributed by atoms with Crippen molar-refractivity contribution in [2.24, 2.45) is 17.1 Å². The van der Waals surface area contributed by atoms with Gasteiger partial charge >= 0.3 is 0 Å². The van der Waals surface area contributed by atoms with Gasteiger partial charge in [-0.05, 0) is 80.2 Å². The number of fused-ring (bicyclic) bond motifs is 3. The summed E-state index contributed by atoms with van der Waals surface area (Å²) in [5.74, 6) is 0.199. The third-order valence-corrected chi connectivity index (χ3v) is 13.7. The lowest BCUT2D eigenvalue weighted by Gasteiger charge is -2.52. The number of carbonyl (C=O) groups is 1. The van der Waals surface area contributed by atoms with Gasteiger partial charge in [0.05, 0.1) is 27.7 Å². The maximum Gasteiger partial charge on any atom is 0.248 e. The number of amides is 1. The molecule has 3 aliphatic rings. The van der Waals surface area contributed by atoms with Crippen LogP contribution < -0.4 is 15.4 Å². The van der Waals surface area contributed by atoms with Crippen LogP contribution in [0.3, 0.4) is 0 Å². The van der Waals surface area contributed by atoms with Gasteiger partial charge in [-0.2, -0.15) is 0 Å². The number of benzene rings is 2. The molecule has 232 valence electrons. The van der Waals surface area contributed by atoms with Crippen molar-refractivity contribution in [3.63, 3.8) is 0 Å². The Morgan fingerprint density at radius 3 is 2.65 bits per heavy atom. The molecule has 0 aromatic heterocycles. The normalized spacial score (nSPS) is 27.9. The highest BCUT2D eigenvalue weighted by Crippen LogP contribution is 2.52. The number of anilines is 1. The smallest absolute Gasteiger partial charge is 0.248 e. The van der Waals surface area contributed by atoms with Gasteiger partial charge in [0.1, 0.15) is 12.4 Å². The lowest BCUT2D eigenvalue weighted by atomic mass is 9.58. The van der Waals surface area contributed by atoms with Gasteiger partial charge in [0.15, 0.2) is 9.84 Å². The van der Waals surface area contributed by atoms with Gasteiger partial charge in [-0.3, -0.25) is 4.79 Å². The molecule has 7 nitrogen and oxygen atoms in total. The molecule has 3 N–H and O–H groups in total. The molecule has 1 heterocycles. The molecule has 1 aliphatic heterocycles. The molecule has 2 aliphatic carbocycles. The molecule has 1 saturated carbocycles. The predicted octanol–water partition coefficient (Wildman–Crippen LogP) is 5.36. The summed E-state index contributed by atoms with van der Waals surface area (Å²) in [4.78, 5) is 14.5. The van der Waals surface area contributed by atoms with Crippen molar-refractivity contribution in [1.29, 1.82) is 0 Å². The number of nitrogens with two attached hydrogens (primary N) is 1. The number of primary amides is 1. The summed E-state index contributed by atoms with van der Waals surface area (Å²) in [7, 11) is -3.59. The van der Waals surface area contributed by atoms with E-state index >= 15 is 0 Å². The maximum atomic E-state index is 14.6. The Morgan fingerprint density at radius 2 is 2.00 bits per heavy atom. The lowest BCUT2D eigenvalue weighted by Crippen LogP contribution is -2.59. The zero-order valence-corrected chi connectivity index (χ0v) is 26.3. The fourth-order valence-corrected chi connectivity index (χ4v) is 10.6. The van der Waals surface area contributed by atoms with E-state index in [0.29, 0.717) is 56.5 Å². The van der Waals surface area contributed by atoms with Crippen molar-refractivity contribution < 1.29 is 23.1 Å². The Balaban J connectivity index is 1.66. The number of sulfone groups is 1. The third kappa shape index (κ3) is 5.42. The molecule has 2 aromatic carbocycles. The van der Waals surface area contributed by atoms with Gasteiger partial charge in [0.25, 0.3) is 0 Å². The number of aliphatic hydroxyl groups is 1. The lowest BCUT2D eigenvalue weighted by molar-refractivity contribution is -0.0466. The first kappa shape index (κ1) is 31.3. The number of allylic oxidation sites excluding steroid dienone is 1. The first-order valence-electron chi connectivity index (χ1n) is 15.6. The van der Waals surface area contributed by atoms with E-state index in [2.05, 4.69) is 37.1 Å². The maximum absolute atomic E-state index is 14.6. The topological polar surface area (TPSA) is 110 Å². The van der Waals surface area contributed by atoms with Crippen LogP contribution in [0.15, 0.2) is 67.8 Å². The quantitative estimate of drug-likeness (QED) is 0.334. The molecule has 1 fully saturated rings. The fourth-order valence-electron chi connectivity index (χ4n) is 7.84. The average molecular weight is 607 g/mol. The van der Waals surface area contributed by atoms with Crippen LogP contribution in [-0.2, 0) is 21.7 Å². The highest BCUT2D eigenvalue weighted by atomic mass is 32.2. The second kappa shape index (κ2) is 12.1. The van der Waals surface area contributed by atoms with Crippen LogP contribution in [0.5, 0.6) is 5.75 Å². The van der Waals surface area contributed by atoms with Gasteiger partial charge < -0.3 is 20.5 Å². The van der Waals surface area contributed by atoms with E-state index < -0.39 is 37.8 Å². The highest BCUT2D eigenvalue weighted by molar-refractivity contribution is 7.92. The first-order valence-corrected chi connectivity index (χ1v) is 17.2. The minimum Gasteiger partial charge on any atom is -0.490 e. The number of rotatable bonds is 11.